The molecule has 0 fully saturated rings. The van der Waals surface area contributed by atoms with Crippen LogP contribution in [0.5, 0.6) is 0 Å². The molecule has 0 heteroatoms. The summed E-state index contributed by atoms with van der Waals surface area (Å²) in [7, 11) is 0. The third kappa shape index (κ3) is 1.27. The van der Waals surface area contributed by atoms with Crippen LogP contribution in [0.2, 0.25) is 0 Å². The van der Waals surface area contributed by atoms with Gasteiger partial charge in [-0.3, -0.25) is 0 Å². The first-order valence-electron chi connectivity index (χ1n) is 4.71. The minimum Gasteiger partial charge on any atom is -0.182 e. The predicted molar refractivity (Wildman–Crippen MR) is 57.1 cm³/mol. The lowest BCUT2D eigenvalue weighted by atomic mass is 9.67. The summed E-state index contributed by atoms with van der Waals surface area (Å²) in [4.78, 5) is 0. The van der Waals surface area contributed by atoms with E-state index >= 15 is 0 Å². The fourth-order valence-electron chi connectivity index (χ4n) is 2.01. The van der Waals surface area contributed by atoms with Gasteiger partial charge in [0.25, 0.3) is 0 Å². The van der Waals surface area contributed by atoms with Gasteiger partial charge in [0.2, 0.25) is 0 Å². The van der Waals surface area contributed by atoms with E-state index in [0.29, 0.717) is 5.92 Å². The Hall–Kier alpha value is -1.17. The van der Waals surface area contributed by atoms with Crippen molar-refractivity contribution in [3.8, 4) is 0 Å². The van der Waals surface area contributed by atoms with Gasteiger partial charge in [0, 0.05) is 0 Å². The number of rotatable bonds is 0. The Morgan fingerprint density at radius 1 is 1.46 bits per heavy atom. The van der Waals surface area contributed by atoms with Gasteiger partial charge in [-0.15, -0.1) is 12.2 Å². The maximum Gasteiger partial charge on any atom is -0.0276 e. The minimum absolute atomic E-state index is 0.234. The molecule has 0 radical (unpaired) electrons. The molecule has 0 aliphatic heterocycles. The third-order valence-corrected chi connectivity index (χ3v) is 2.91. The van der Waals surface area contributed by atoms with Crippen LogP contribution in [0, 0.1) is 17.8 Å². The largest absolute Gasteiger partial charge is 0.182 e. The number of hydrogen-bond donors (Lipinski definition) is 0. The third-order valence-electron chi connectivity index (χ3n) is 2.91. The van der Waals surface area contributed by atoms with Gasteiger partial charge in [-0.2, -0.15) is 24.6 Å². The normalized spacial score (nSPS) is 29.2. The summed E-state index contributed by atoms with van der Waals surface area (Å²) in [6.07, 6.45) is 13.1. The molecule has 0 amide bonds. The van der Waals surface area contributed by atoms with Gasteiger partial charge in [-0.25, -0.2) is 0 Å². The van der Waals surface area contributed by atoms with Crippen molar-refractivity contribution in [3.05, 3.63) is 54.5 Å². The van der Waals surface area contributed by atoms with Gasteiger partial charge in [0.15, 0.2) is 0 Å². The van der Waals surface area contributed by atoms with Crippen molar-refractivity contribution in [3.63, 3.8) is 0 Å². The highest BCUT2D eigenvalue weighted by Gasteiger charge is 2.27. The summed E-state index contributed by atoms with van der Waals surface area (Å²) in [6, 6.07) is 0. The molecule has 0 aromatic carbocycles. The summed E-state index contributed by atoms with van der Waals surface area (Å²) in [5.41, 5.74) is 2.76. The lowest BCUT2D eigenvalue weighted by Crippen LogP contribution is -2.26. The molecule has 0 saturated heterocycles. The highest BCUT2D eigenvalue weighted by Crippen LogP contribution is 2.43. The Balaban J connectivity index is 2.47. The molecular weight excluding hydrogens is 156 g/mol. The second-order valence-corrected chi connectivity index (χ2v) is 4.36. The number of hydrogen-bond acceptors (Lipinski definition) is 0. The average molecular weight is 171 g/mol. The molecule has 1 unspecified atom stereocenters. The lowest BCUT2D eigenvalue weighted by molar-refractivity contribution is 0.380. The highest BCUT2D eigenvalue weighted by atomic mass is 14.4. The van der Waals surface area contributed by atoms with Gasteiger partial charge >= 0.3 is 0 Å². The molecule has 0 spiro atoms. The van der Waals surface area contributed by atoms with Crippen molar-refractivity contribution in [1.29, 1.82) is 0 Å². The molecule has 1 atom stereocenters. The first-order valence-corrected chi connectivity index (χ1v) is 4.71. The molecule has 0 bridgehead atoms. The SMILES string of the molecule is C=C1C=CC(C)(C)C2C=C[CH-]C=C12. The van der Waals surface area contributed by atoms with Crippen molar-refractivity contribution >= 4 is 0 Å². The fraction of sp³-hybridized carbons (Fsp3) is 0.308. The average Bonchev–Trinajstić information content (AvgIpc) is 2.13. The number of fused-ring (bicyclic) bond motifs is 1. The Morgan fingerprint density at radius 3 is 2.92 bits per heavy atom. The monoisotopic (exact) mass is 171 g/mol. The quantitative estimate of drug-likeness (QED) is 0.490. The summed E-state index contributed by atoms with van der Waals surface area (Å²) >= 11 is 0. The van der Waals surface area contributed by atoms with Crippen molar-refractivity contribution in [2.75, 3.05) is 0 Å². The van der Waals surface area contributed by atoms with Gasteiger partial charge in [0.05, 0.1) is 0 Å². The van der Waals surface area contributed by atoms with Crippen LogP contribution in [0.3, 0.4) is 0 Å². The summed E-state index contributed by atoms with van der Waals surface area (Å²) in [5, 5.41) is 0. The zero-order chi connectivity index (χ0) is 9.47. The van der Waals surface area contributed by atoms with E-state index in [1.165, 1.54) is 5.57 Å². The first-order chi connectivity index (χ1) is 6.11. The molecule has 0 aromatic rings. The zero-order valence-corrected chi connectivity index (χ0v) is 8.25. The summed E-state index contributed by atoms with van der Waals surface area (Å²) < 4.78 is 0. The van der Waals surface area contributed by atoms with E-state index in [4.69, 9.17) is 0 Å². The highest BCUT2D eigenvalue weighted by molar-refractivity contribution is 5.50. The molecule has 0 saturated carbocycles. The zero-order valence-electron chi connectivity index (χ0n) is 8.25. The van der Waals surface area contributed by atoms with Crippen LogP contribution in [0.25, 0.3) is 0 Å². The predicted octanol–water partition coefficient (Wildman–Crippen LogP) is 3.46. The van der Waals surface area contributed by atoms with Crippen molar-refractivity contribution in [2.45, 2.75) is 13.8 Å². The molecule has 0 heterocycles. The molecule has 0 aromatic heterocycles. The lowest BCUT2D eigenvalue weighted by Gasteiger charge is -2.42. The van der Waals surface area contributed by atoms with Gasteiger partial charge in [0.1, 0.15) is 0 Å². The molecule has 68 valence electrons. The first kappa shape index (κ1) is 8.43. The maximum atomic E-state index is 4.06. The van der Waals surface area contributed by atoms with E-state index in [1.54, 1.807) is 0 Å². The molecule has 0 nitrogen and oxygen atoms in total. The molecule has 2 aliphatic rings. The van der Waals surface area contributed by atoms with Crippen molar-refractivity contribution in [2.24, 2.45) is 11.3 Å². The second-order valence-electron chi connectivity index (χ2n) is 4.36. The smallest absolute Gasteiger partial charge is 0.0276 e. The van der Waals surface area contributed by atoms with Crippen LogP contribution in [-0.2, 0) is 0 Å². The molecule has 2 rings (SSSR count). The summed E-state index contributed by atoms with van der Waals surface area (Å²) in [6.45, 7) is 8.59. The fourth-order valence-corrected chi connectivity index (χ4v) is 2.01. The van der Waals surface area contributed by atoms with E-state index < -0.39 is 0 Å². The Kier molecular flexibility index (Phi) is 1.73. The minimum atomic E-state index is 0.234. The Labute approximate surface area is 80.3 Å². The van der Waals surface area contributed by atoms with Crippen LogP contribution in [0.1, 0.15) is 13.8 Å². The van der Waals surface area contributed by atoms with E-state index in [1.807, 2.05) is 0 Å². The van der Waals surface area contributed by atoms with Crippen LogP contribution in [-0.4, -0.2) is 0 Å². The van der Waals surface area contributed by atoms with Crippen molar-refractivity contribution < 1.29 is 0 Å². The van der Waals surface area contributed by atoms with Crippen LogP contribution in [0.15, 0.2) is 48.1 Å². The molecular formula is C13H15-. The van der Waals surface area contributed by atoms with E-state index in [-0.39, 0.29) is 5.41 Å². The summed E-state index contributed by atoms with van der Waals surface area (Å²) in [5.74, 6) is 0.509. The van der Waals surface area contributed by atoms with Gasteiger partial charge < -0.3 is 0 Å². The van der Waals surface area contributed by atoms with Crippen LogP contribution in [0.4, 0.5) is 0 Å². The van der Waals surface area contributed by atoms with Crippen molar-refractivity contribution in [1.82, 2.24) is 0 Å². The van der Waals surface area contributed by atoms with Gasteiger partial charge in [-0.1, -0.05) is 37.5 Å². The van der Waals surface area contributed by atoms with E-state index in [0.717, 1.165) is 5.57 Å². The Bertz CT molecular complexity index is 324. The maximum absolute atomic E-state index is 4.06. The second kappa shape index (κ2) is 2.66. The van der Waals surface area contributed by atoms with E-state index in [2.05, 4.69) is 57.2 Å². The Morgan fingerprint density at radius 2 is 2.23 bits per heavy atom. The van der Waals surface area contributed by atoms with Crippen LogP contribution >= 0.6 is 0 Å². The molecule has 0 N–H and O–H groups in total. The topological polar surface area (TPSA) is 0 Å². The molecule has 2 aliphatic carbocycles. The molecule has 13 heavy (non-hydrogen) atoms. The standard InChI is InChI=1S/C13H15/c1-10-8-9-13(2,3)12-7-5-4-6-11(10)12/h4-9,12H,1H2,2-3H3/q-1. The number of allylic oxidation sites excluding steroid dienone is 7. The van der Waals surface area contributed by atoms with Crippen LogP contribution < -0.4 is 0 Å². The van der Waals surface area contributed by atoms with Gasteiger partial charge in [-0.05, 0) is 5.41 Å². The van der Waals surface area contributed by atoms with E-state index in [9.17, 15) is 0 Å².